The highest BCUT2D eigenvalue weighted by atomic mass is 127. The van der Waals surface area contributed by atoms with E-state index >= 15 is 0 Å². The molecule has 8 nitrogen and oxygen atoms in total. The largest absolute Gasteiger partial charge is 0.494 e. The summed E-state index contributed by atoms with van der Waals surface area (Å²) in [5.41, 5.74) is 1.22. The molecule has 0 aliphatic heterocycles. The summed E-state index contributed by atoms with van der Waals surface area (Å²) in [7, 11) is 1.39. The highest BCUT2D eigenvalue weighted by Gasteiger charge is 2.13. The summed E-state index contributed by atoms with van der Waals surface area (Å²) < 4.78 is 7.83. The minimum atomic E-state index is -0.518. The average molecular weight is 430 g/mol. The summed E-state index contributed by atoms with van der Waals surface area (Å²) in [4.78, 5) is 22.2. The molecule has 1 aromatic carbocycles. The predicted octanol–water partition coefficient (Wildman–Crippen LogP) is 2.74. The lowest BCUT2D eigenvalue weighted by atomic mass is 10.2. The van der Waals surface area contributed by atoms with Crippen molar-refractivity contribution in [2.75, 3.05) is 12.4 Å². The van der Waals surface area contributed by atoms with Crippen LogP contribution in [0.1, 0.15) is 12.1 Å². The van der Waals surface area contributed by atoms with E-state index in [4.69, 9.17) is 4.74 Å². The predicted molar refractivity (Wildman–Crippen MR) is 92.6 cm³/mol. The zero-order chi connectivity index (χ0) is 17.0. The topological polar surface area (TPSA) is 99.3 Å². The molecule has 0 spiro atoms. The van der Waals surface area contributed by atoms with Gasteiger partial charge in [-0.3, -0.25) is 19.6 Å². The van der Waals surface area contributed by atoms with Crippen molar-refractivity contribution in [1.29, 1.82) is 0 Å². The number of nitrogens with one attached hydrogen (secondary N) is 1. The Kier molecular flexibility index (Phi) is 5.53. The molecule has 1 heterocycles. The molecule has 9 heteroatoms. The van der Waals surface area contributed by atoms with Gasteiger partial charge in [-0.1, -0.05) is 0 Å². The Labute approximate surface area is 146 Å². The maximum atomic E-state index is 12.0. The first-order valence-corrected chi connectivity index (χ1v) is 7.80. The smallest absolute Gasteiger partial charge is 0.273 e. The Hall–Kier alpha value is -2.17. The van der Waals surface area contributed by atoms with Gasteiger partial charge in [-0.25, -0.2) is 0 Å². The standard InChI is InChI=1S/C14H15IN4O4/c1-9-11(15)8-18(17-9)6-5-14(20)16-12-4-3-10(19(21)22)7-13(12)23-2/h3-4,7-8H,5-6H2,1-2H3,(H,16,20). The molecule has 0 unspecified atom stereocenters. The van der Waals surface area contributed by atoms with E-state index in [1.165, 1.54) is 25.3 Å². The van der Waals surface area contributed by atoms with Crippen LogP contribution in [-0.4, -0.2) is 27.7 Å². The lowest BCUT2D eigenvalue weighted by Crippen LogP contribution is -2.15. The molecule has 0 bridgehead atoms. The first-order valence-electron chi connectivity index (χ1n) is 6.72. The second-order valence-electron chi connectivity index (χ2n) is 4.77. The number of hydrogen-bond donors (Lipinski definition) is 1. The number of anilines is 1. The summed E-state index contributed by atoms with van der Waals surface area (Å²) in [6, 6.07) is 4.04. The third-order valence-corrected chi connectivity index (χ3v) is 4.18. The van der Waals surface area contributed by atoms with E-state index in [2.05, 4.69) is 33.0 Å². The Morgan fingerprint density at radius 1 is 1.52 bits per heavy atom. The fraction of sp³-hybridized carbons (Fsp3) is 0.286. The highest BCUT2D eigenvalue weighted by molar-refractivity contribution is 14.1. The number of amides is 1. The Morgan fingerprint density at radius 3 is 2.83 bits per heavy atom. The number of benzene rings is 1. The van der Waals surface area contributed by atoms with Gasteiger partial charge in [0.05, 0.1) is 33.1 Å². The quantitative estimate of drug-likeness (QED) is 0.432. The zero-order valence-corrected chi connectivity index (χ0v) is 14.7. The number of aryl methyl sites for hydroxylation is 2. The van der Waals surface area contributed by atoms with E-state index in [0.717, 1.165) is 9.26 Å². The molecule has 0 fully saturated rings. The molecule has 0 atom stereocenters. The molecule has 23 heavy (non-hydrogen) atoms. The van der Waals surface area contributed by atoms with E-state index in [9.17, 15) is 14.9 Å². The van der Waals surface area contributed by atoms with E-state index in [0.29, 0.717) is 12.2 Å². The number of nitro benzene ring substituents is 1. The maximum absolute atomic E-state index is 12.0. The number of nitrogens with zero attached hydrogens (tertiary/aromatic N) is 3. The molecule has 0 radical (unpaired) electrons. The van der Waals surface area contributed by atoms with Gasteiger partial charge in [0.2, 0.25) is 5.91 Å². The van der Waals surface area contributed by atoms with E-state index in [1.54, 1.807) is 4.68 Å². The molecular formula is C14H15IN4O4. The molecule has 0 aliphatic carbocycles. The van der Waals surface area contributed by atoms with Crippen molar-refractivity contribution >= 4 is 39.9 Å². The fourth-order valence-corrected chi connectivity index (χ4v) is 2.36. The minimum Gasteiger partial charge on any atom is -0.494 e. The van der Waals surface area contributed by atoms with Crippen LogP contribution in [0.2, 0.25) is 0 Å². The van der Waals surface area contributed by atoms with Gasteiger partial charge < -0.3 is 10.1 Å². The summed E-state index contributed by atoms with van der Waals surface area (Å²) in [5, 5.41) is 17.7. The van der Waals surface area contributed by atoms with Gasteiger partial charge in [0.15, 0.2) is 0 Å². The molecule has 0 aliphatic rings. The van der Waals surface area contributed by atoms with Crippen molar-refractivity contribution in [3.05, 3.63) is 43.8 Å². The number of halogens is 1. The zero-order valence-electron chi connectivity index (χ0n) is 12.6. The van der Waals surface area contributed by atoms with Gasteiger partial charge in [-0.2, -0.15) is 5.10 Å². The Bertz CT molecular complexity index is 725. The Balaban J connectivity index is 2.00. The molecule has 0 saturated carbocycles. The molecule has 122 valence electrons. The molecular weight excluding hydrogens is 415 g/mol. The first kappa shape index (κ1) is 17.2. The number of carbonyl (C=O) groups is 1. The van der Waals surface area contributed by atoms with Crippen LogP contribution < -0.4 is 10.1 Å². The van der Waals surface area contributed by atoms with Gasteiger partial charge in [-0.15, -0.1) is 0 Å². The van der Waals surface area contributed by atoms with Crippen LogP contribution in [0.4, 0.5) is 11.4 Å². The molecule has 2 aromatic rings. The van der Waals surface area contributed by atoms with Crippen LogP contribution in [0.25, 0.3) is 0 Å². The number of nitro groups is 1. The third kappa shape index (κ3) is 4.41. The van der Waals surface area contributed by atoms with Crippen molar-refractivity contribution in [2.45, 2.75) is 19.9 Å². The van der Waals surface area contributed by atoms with Crippen LogP contribution in [0.3, 0.4) is 0 Å². The SMILES string of the molecule is COc1cc([N+](=O)[O-])ccc1NC(=O)CCn1cc(I)c(C)n1. The average Bonchev–Trinajstić information content (AvgIpc) is 2.84. The van der Waals surface area contributed by atoms with Crippen molar-refractivity contribution in [3.8, 4) is 5.75 Å². The van der Waals surface area contributed by atoms with Crippen LogP contribution in [0.15, 0.2) is 24.4 Å². The number of aromatic nitrogens is 2. The van der Waals surface area contributed by atoms with Crippen LogP contribution in [0, 0.1) is 20.6 Å². The highest BCUT2D eigenvalue weighted by Crippen LogP contribution is 2.29. The summed E-state index contributed by atoms with van der Waals surface area (Å²) >= 11 is 2.18. The number of carbonyl (C=O) groups excluding carboxylic acids is 1. The van der Waals surface area contributed by atoms with Crippen LogP contribution in [0.5, 0.6) is 5.75 Å². The fourth-order valence-electron chi connectivity index (χ4n) is 1.93. The summed E-state index contributed by atoms with van der Waals surface area (Å²) in [6.45, 7) is 2.35. The number of hydrogen-bond acceptors (Lipinski definition) is 5. The monoisotopic (exact) mass is 430 g/mol. The number of methoxy groups -OCH3 is 1. The van der Waals surface area contributed by atoms with Crippen molar-refractivity contribution < 1.29 is 14.5 Å². The Morgan fingerprint density at radius 2 is 2.26 bits per heavy atom. The second kappa shape index (κ2) is 7.40. The van der Waals surface area contributed by atoms with Gasteiger partial charge in [0.25, 0.3) is 5.69 Å². The molecule has 1 amide bonds. The van der Waals surface area contributed by atoms with Gasteiger partial charge in [0, 0.05) is 25.2 Å². The van der Waals surface area contributed by atoms with Crippen molar-refractivity contribution in [3.63, 3.8) is 0 Å². The first-order chi connectivity index (χ1) is 10.9. The van der Waals surface area contributed by atoms with Gasteiger partial charge in [-0.05, 0) is 35.6 Å². The van der Waals surface area contributed by atoms with Crippen LogP contribution >= 0.6 is 22.6 Å². The van der Waals surface area contributed by atoms with Gasteiger partial charge in [0.1, 0.15) is 5.75 Å². The van der Waals surface area contributed by atoms with E-state index in [1.807, 2.05) is 13.1 Å². The van der Waals surface area contributed by atoms with Crippen molar-refractivity contribution in [2.24, 2.45) is 0 Å². The maximum Gasteiger partial charge on any atom is 0.273 e. The van der Waals surface area contributed by atoms with Crippen molar-refractivity contribution in [1.82, 2.24) is 9.78 Å². The minimum absolute atomic E-state index is 0.0959. The van der Waals surface area contributed by atoms with E-state index in [-0.39, 0.29) is 23.8 Å². The number of non-ortho nitro benzene ring substituents is 1. The normalized spacial score (nSPS) is 10.4. The number of rotatable bonds is 6. The second-order valence-corrected chi connectivity index (χ2v) is 5.93. The van der Waals surface area contributed by atoms with Gasteiger partial charge >= 0.3 is 0 Å². The third-order valence-electron chi connectivity index (χ3n) is 3.12. The van der Waals surface area contributed by atoms with Crippen LogP contribution in [-0.2, 0) is 11.3 Å². The molecule has 1 aromatic heterocycles. The lowest BCUT2D eigenvalue weighted by molar-refractivity contribution is -0.384. The van der Waals surface area contributed by atoms with E-state index < -0.39 is 4.92 Å². The molecule has 1 N–H and O–H groups in total. The summed E-state index contributed by atoms with van der Waals surface area (Å²) in [6.07, 6.45) is 2.10. The lowest BCUT2D eigenvalue weighted by Gasteiger charge is -2.10. The summed E-state index contributed by atoms with van der Waals surface area (Å²) in [5.74, 6) is 0.0253. The molecule has 2 rings (SSSR count). The number of ether oxygens (including phenoxy) is 1. The molecule has 0 saturated heterocycles.